The van der Waals surface area contributed by atoms with Crippen LogP contribution in [0.25, 0.3) is 15.8 Å². The largest absolute Gasteiger partial charge is 0.360 e. The van der Waals surface area contributed by atoms with E-state index in [1.54, 1.807) is 24.3 Å². The molecule has 2 aromatic heterocycles. The molecule has 2 heterocycles. The molecular weight excluding hydrogens is 376 g/mol. The van der Waals surface area contributed by atoms with Crippen LogP contribution in [0.2, 0.25) is 0 Å². The van der Waals surface area contributed by atoms with E-state index in [1.807, 2.05) is 30.3 Å². The first kappa shape index (κ1) is 17.3. The van der Waals surface area contributed by atoms with E-state index < -0.39 is 0 Å². The number of amides is 1. The van der Waals surface area contributed by atoms with Crippen molar-refractivity contribution in [1.29, 1.82) is 5.26 Å². The van der Waals surface area contributed by atoms with E-state index in [2.05, 4.69) is 36.2 Å². The summed E-state index contributed by atoms with van der Waals surface area (Å²) in [5.41, 5.74) is 2.27. The zero-order valence-corrected chi connectivity index (χ0v) is 15.1. The minimum absolute atomic E-state index is 0.196. The highest BCUT2D eigenvalue weighted by molar-refractivity contribution is 7.22. The summed E-state index contributed by atoms with van der Waals surface area (Å²) in [5, 5.41) is 28.7. The van der Waals surface area contributed by atoms with Gasteiger partial charge in [0.05, 0.1) is 10.2 Å². The van der Waals surface area contributed by atoms with Gasteiger partial charge >= 0.3 is 0 Å². The monoisotopic (exact) mass is 388 g/mol. The van der Waals surface area contributed by atoms with Crippen LogP contribution >= 0.6 is 11.3 Å². The third-order valence-electron chi connectivity index (χ3n) is 3.75. The molecule has 0 aliphatic rings. The molecule has 0 atom stereocenters. The Morgan fingerprint density at radius 2 is 2.00 bits per heavy atom. The predicted octanol–water partition coefficient (Wildman–Crippen LogP) is 3.04. The summed E-state index contributed by atoms with van der Waals surface area (Å²) >= 11 is 1.42. The lowest BCUT2D eigenvalue weighted by Gasteiger charge is -2.04. The highest BCUT2D eigenvalue weighted by Gasteiger charge is 2.10. The summed E-state index contributed by atoms with van der Waals surface area (Å²) in [5.74, 6) is -0.0486. The maximum Gasteiger partial charge on any atom is 0.257 e. The Balaban J connectivity index is 1.44. The van der Waals surface area contributed by atoms with Crippen LogP contribution in [-0.4, -0.2) is 31.5 Å². The average molecular weight is 388 g/mol. The molecule has 0 unspecified atom stereocenters. The van der Waals surface area contributed by atoms with Crippen molar-refractivity contribution < 1.29 is 4.79 Å². The first-order valence-corrected chi connectivity index (χ1v) is 8.92. The number of aromatic amines is 1. The number of hydrogen-bond acceptors (Lipinski definition) is 8. The van der Waals surface area contributed by atoms with Gasteiger partial charge in [-0.1, -0.05) is 23.5 Å². The minimum atomic E-state index is -0.245. The van der Waals surface area contributed by atoms with Crippen molar-refractivity contribution in [3.63, 3.8) is 0 Å². The van der Waals surface area contributed by atoms with Gasteiger partial charge in [0.15, 0.2) is 5.13 Å². The van der Waals surface area contributed by atoms with Crippen molar-refractivity contribution in [2.24, 2.45) is 0 Å². The van der Waals surface area contributed by atoms with E-state index in [9.17, 15) is 4.79 Å². The maximum atomic E-state index is 12.4. The third-order valence-corrected chi connectivity index (χ3v) is 4.70. The molecule has 0 fully saturated rings. The van der Waals surface area contributed by atoms with Gasteiger partial charge in [-0.15, -0.1) is 10.2 Å². The van der Waals surface area contributed by atoms with Gasteiger partial charge in [-0.05, 0) is 41.6 Å². The van der Waals surface area contributed by atoms with E-state index >= 15 is 0 Å². The summed E-state index contributed by atoms with van der Waals surface area (Å²) < 4.78 is 1.01. The van der Waals surface area contributed by atoms with Gasteiger partial charge in [0, 0.05) is 17.5 Å². The number of anilines is 2. The summed E-state index contributed by atoms with van der Waals surface area (Å²) in [6.45, 7) is 0. The fraction of sp³-hybridized carbons (Fsp3) is 0. The van der Waals surface area contributed by atoms with Crippen molar-refractivity contribution in [3.8, 4) is 6.07 Å². The Morgan fingerprint density at radius 3 is 2.71 bits per heavy atom. The van der Waals surface area contributed by atoms with Crippen LogP contribution < -0.4 is 10.6 Å². The van der Waals surface area contributed by atoms with E-state index in [-0.39, 0.29) is 17.3 Å². The number of carbonyl (C=O) groups excluding carboxylic acids is 1. The number of aromatic nitrogens is 5. The molecule has 2 aromatic carbocycles. The lowest BCUT2D eigenvalue weighted by Crippen LogP contribution is -2.11. The number of tetrazole rings is 1. The maximum absolute atomic E-state index is 12.4. The zero-order valence-electron chi connectivity index (χ0n) is 14.2. The van der Waals surface area contributed by atoms with Gasteiger partial charge in [0.25, 0.3) is 5.91 Å². The van der Waals surface area contributed by atoms with Gasteiger partial charge in [-0.2, -0.15) is 10.5 Å². The number of benzene rings is 2. The molecule has 3 N–H and O–H groups in total. The molecule has 0 bridgehead atoms. The van der Waals surface area contributed by atoms with Crippen molar-refractivity contribution in [2.75, 3.05) is 10.6 Å². The Morgan fingerprint density at radius 1 is 1.18 bits per heavy atom. The molecule has 1 amide bonds. The van der Waals surface area contributed by atoms with Crippen molar-refractivity contribution in [2.45, 2.75) is 0 Å². The second-order valence-corrected chi connectivity index (χ2v) is 6.60. The normalized spacial score (nSPS) is 11.2. The highest BCUT2D eigenvalue weighted by atomic mass is 32.1. The van der Waals surface area contributed by atoms with E-state index in [1.165, 1.54) is 17.5 Å². The molecule has 28 heavy (non-hydrogen) atoms. The van der Waals surface area contributed by atoms with Gasteiger partial charge in [0.1, 0.15) is 11.6 Å². The molecule has 0 saturated carbocycles. The summed E-state index contributed by atoms with van der Waals surface area (Å²) in [6, 6.07) is 16.5. The van der Waals surface area contributed by atoms with Crippen LogP contribution in [0.1, 0.15) is 16.2 Å². The third kappa shape index (κ3) is 3.69. The van der Waals surface area contributed by atoms with Crippen LogP contribution in [0, 0.1) is 11.3 Å². The number of nitrogens with one attached hydrogen (secondary N) is 3. The molecule has 0 aliphatic carbocycles. The number of para-hydroxylation sites is 1. The number of carbonyl (C=O) groups is 1. The molecule has 0 spiro atoms. The summed E-state index contributed by atoms with van der Waals surface area (Å²) in [4.78, 5) is 16.8. The van der Waals surface area contributed by atoms with E-state index in [0.717, 1.165) is 10.2 Å². The number of hydrogen-bond donors (Lipinski definition) is 3. The smallest absolute Gasteiger partial charge is 0.257 e. The number of nitrogens with zero attached hydrogens (tertiary/aromatic N) is 5. The van der Waals surface area contributed by atoms with Crippen LogP contribution in [-0.2, 0) is 0 Å². The summed E-state index contributed by atoms with van der Waals surface area (Å²) in [6.07, 6.45) is 1.47. The van der Waals surface area contributed by atoms with Gasteiger partial charge < -0.3 is 5.32 Å². The van der Waals surface area contributed by atoms with Crippen molar-refractivity contribution >= 4 is 43.9 Å². The zero-order chi connectivity index (χ0) is 19.3. The number of nitriles is 1. The van der Waals surface area contributed by atoms with Crippen LogP contribution in [0.5, 0.6) is 0 Å². The Kier molecular flexibility index (Phi) is 4.73. The number of thiazole rings is 1. The lowest BCUT2D eigenvalue weighted by molar-refractivity contribution is 0.102. The molecule has 4 rings (SSSR count). The number of allylic oxidation sites excluding steroid dienone is 1. The molecule has 4 aromatic rings. The Labute approximate surface area is 162 Å². The van der Waals surface area contributed by atoms with Crippen LogP contribution in [0.3, 0.4) is 0 Å². The van der Waals surface area contributed by atoms with E-state index in [0.29, 0.717) is 16.4 Å². The first-order chi connectivity index (χ1) is 13.7. The van der Waals surface area contributed by atoms with Crippen LogP contribution in [0.15, 0.2) is 54.7 Å². The molecule has 0 aliphatic heterocycles. The van der Waals surface area contributed by atoms with Gasteiger partial charge in [-0.3, -0.25) is 10.1 Å². The summed E-state index contributed by atoms with van der Waals surface area (Å²) in [7, 11) is 0. The van der Waals surface area contributed by atoms with Gasteiger partial charge in [-0.25, -0.2) is 4.98 Å². The average Bonchev–Trinajstić information content (AvgIpc) is 3.38. The van der Waals surface area contributed by atoms with Gasteiger partial charge in [0.2, 0.25) is 5.82 Å². The fourth-order valence-electron chi connectivity index (χ4n) is 2.39. The highest BCUT2D eigenvalue weighted by Crippen LogP contribution is 2.25. The molecule has 136 valence electrons. The minimum Gasteiger partial charge on any atom is -0.360 e. The second-order valence-electron chi connectivity index (χ2n) is 5.57. The number of rotatable bonds is 5. The standard InChI is InChI=1S/C18H12N8OS/c19-9-12(16-23-25-26-24-16)10-20-13-7-5-11(6-8-13)17(27)22-18-21-14-3-1-2-4-15(14)28-18/h1-8,10,20H,(H,21,22,27)(H,23,24,25,26). The number of H-pyrrole nitrogens is 1. The van der Waals surface area contributed by atoms with Crippen molar-refractivity contribution in [3.05, 3.63) is 66.1 Å². The fourth-order valence-corrected chi connectivity index (χ4v) is 3.25. The number of fused-ring (bicyclic) bond motifs is 1. The quantitative estimate of drug-likeness (QED) is 0.448. The topological polar surface area (TPSA) is 132 Å². The van der Waals surface area contributed by atoms with Crippen molar-refractivity contribution in [1.82, 2.24) is 25.6 Å². The first-order valence-electron chi connectivity index (χ1n) is 8.10. The molecule has 0 radical (unpaired) electrons. The van der Waals surface area contributed by atoms with Crippen LogP contribution in [0.4, 0.5) is 10.8 Å². The molecular formula is C18H12N8OS. The molecule has 9 nitrogen and oxygen atoms in total. The second kappa shape index (κ2) is 7.65. The lowest BCUT2D eigenvalue weighted by atomic mass is 10.2. The predicted molar refractivity (Wildman–Crippen MR) is 105 cm³/mol. The molecule has 10 heteroatoms. The Hall–Kier alpha value is -4.10. The van der Waals surface area contributed by atoms with E-state index in [4.69, 9.17) is 5.26 Å². The molecule has 0 saturated heterocycles. The Bertz CT molecular complexity index is 1160. The SMILES string of the molecule is N#CC(=CNc1ccc(C(=O)Nc2nc3ccccc3s2)cc1)c1nn[nH]n1.